The number of carbonyl (C=O) groups excluding carboxylic acids is 1. The van der Waals surface area contributed by atoms with Crippen molar-refractivity contribution in [2.75, 3.05) is 13.1 Å². The fourth-order valence-electron chi connectivity index (χ4n) is 4.21. The Hall–Kier alpha value is -3.03. The molecule has 4 rings (SSSR count). The Balaban J connectivity index is 1.53. The lowest BCUT2D eigenvalue weighted by molar-refractivity contribution is -0.136. The molecule has 0 saturated carbocycles. The molecule has 0 radical (unpaired) electrons. The molecule has 1 saturated heterocycles. The molecule has 8 heteroatoms. The molecule has 8 nitrogen and oxygen atoms in total. The van der Waals surface area contributed by atoms with Gasteiger partial charge in [-0.1, -0.05) is 49.4 Å². The van der Waals surface area contributed by atoms with Crippen molar-refractivity contribution < 1.29 is 4.79 Å². The van der Waals surface area contributed by atoms with E-state index >= 15 is 0 Å². The monoisotopic (exact) mass is 408 g/mol. The van der Waals surface area contributed by atoms with Gasteiger partial charge in [0.15, 0.2) is 11.2 Å². The number of benzene rings is 1. The van der Waals surface area contributed by atoms with Crippen LogP contribution in [0.25, 0.3) is 11.2 Å². The molecule has 1 aliphatic rings. The minimum absolute atomic E-state index is 0.106. The number of hydrogen-bond donors (Lipinski definition) is 1. The van der Waals surface area contributed by atoms with Crippen LogP contribution in [0, 0.1) is 5.92 Å². The van der Waals surface area contributed by atoms with Crippen LogP contribution in [0.3, 0.4) is 0 Å². The standard InChI is InChI=1S/C22H28N6O2/c1-3-16(4-2)22(30)27-12-10-17(11-13-27)19-23-20-18(21(29)24-19)25-26-28(20)14-15-8-6-5-7-9-15/h5-9,16-17H,3-4,10-14H2,1-2H3,(H,23,24,29). The van der Waals surface area contributed by atoms with Gasteiger partial charge < -0.3 is 9.88 Å². The van der Waals surface area contributed by atoms with E-state index in [-0.39, 0.29) is 28.8 Å². The van der Waals surface area contributed by atoms with Gasteiger partial charge in [-0.3, -0.25) is 9.59 Å². The van der Waals surface area contributed by atoms with Crippen molar-refractivity contribution in [3.05, 3.63) is 52.1 Å². The second-order valence-corrected chi connectivity index (χ2v) is 7.97. The summed E-state index contributed by atoms with van der Waals surface area (Å²) in [6.07, 6.45) is 3.33. The SMILES string of the molecule is CCC(CC)C(=O)N1CCC(c2nc3c(nnn3Cc3ccccc3)c(=O)[nH]2)CC1. The van der Waals surface area contributed by atoms with Crippen molar-refractivity contribution in [2.45, 2.75) is 52.0 Å². The van der Waals surface area contributed by atoms with Gasteiger partial charge in [0.25, 0.3) is 5.56 Å². The molecule has 0 atom stereocenters. The highest BCUT2D eigenvalue weighted by Gasteiger charge is 2.28. The van der Waals surface area contributed by atoms with Crippen molar-refractivity contribution in [3.8, 4) is 0 Å². The first-order valence-electron chi connectivity index (χ1n) is 10.8. The summed E-state index contributed by atoms with van der Waals surface area (Å²) in [7, 11) is 0. The first-order valence-corrected chi connectivity index (χ1v) is 10.8. The highest BCUT2D eigenvalue weighted by molar-refractivity contribution is 5.78. The summed E-state index contributed by atoms with van der Waals surface area (Å²) in [5, 5.41) is 8.17. The highest BCUT2D eigenvalue weighted by atomic mass is 16.2. The molecule has 0 unspecified atom stereocenters. The van der Waals surface area contributed by atoms with Gasteiger partial charge in [-0.15, -0.1) is 5.10 Å². The van der Waals surface area contributed by atoms with Crippen LogP contribution in [0.5, 0.6) is 0 Å². The predicted octanol–water partition coefficient (Wildman–Crippen LogP) is 2.71. The molecule has 1 fully saturated rings. The lowest BCUT2D eigenvalue weighted by Gasteiger charge is -2.33. The van der Waals surface area contributed by atoms with Crippen LogP contribution in [0.15, 0.2) is 35.1 Å². The minimum atomic E-state index is -0.259. The lowest BCUT2D eigenvalue weighted by atomic mass is 9.93. The fraction of sp³-hybridized carbons (Fsp3) is 0.500. The van der Waals surface area contributed by atoms with Crippen LogP contribution in [0.2, 0.25) is 0 Å². The lowest BCUT2D eigenvalue weighted by Crippen LogP contribution is -2.41. The average Bonchev–Trinajstić information content (AvgIpc) is 3.18. The number of amides is 1. The van der Waals surface area contributed by atoms with Crippen molar-refractivity contribution in [1.29, 1.82) is 0 Å². The largest absolute Gasteiger partial charge is 0.342 e. The number of likely N-dealkylation sites (tertiary alicyclic amines) is 1. The molecule has 1 amide bonds. The van der Waals surface area contributed by atoms with E-state index in [1.807, 2.05) is 35.2 Å². The Labute approximate surface area is 175 Å². The smallest absolute Gasteiger partial charge is 0.281 e. The molecule has 1 aliphatic heterocycles. The molecule has 0 spiro atoms. The van der Waals surface area contributed by atoms with E-state index in [9.17, 15) is 9.59 Å². The van der Waals surface area contributed by atoms with E-state index in [2.05, 4.69) is 29.1 Å². The molecule has 1 aromatic carbocycles. The summed E-state index contributed by atoms with van der Waals surface area (Å²) in [6, 6.07) is 9.92. The van der Waals surface area contributed by atoms with Crippen molar-refractivity contribution >= 4 is 17.1 Å². The molecular formula is C22H28N6O2. The van der Waals surface area contributed by atoms with E-state index in [0.717, 1.165) is 31.2 Å². The average molecular weight is 409 g/mol. The van der Waals surface area contributed by atoms with Gasteiger partial charge in [-0.25, -0.2) is 9.67 Å². The molecule has 158 valence electrons. The zero-order valence-electron chi connectivity index (χ0n) is 17.5. The number of hydrogen-bond acceptors (Lipinski definition) is 5. The van der Waals surface area contributed by atoms with Gasteiger partial charge in [0.1, 0.15) is 5.82 Å². The summed E-state index contributed by atoms with van der Waals surface area (Å²) in [6.45, 7) is 6.03. The maximum atomic E-state index is 12.6. The summed E-state index contributed by atoms with van der Waals surface area (Å²) >= 11 is 0. The maximum absolute atomic E-state index is 12.6. The second kappa shape index (κ2) is 8.77. The summed E-state index contributed by atoms with van der Waals surface area (Å²) in [4.78, 5) is 34.8. The molecule has 3 heterocycles. The van der Waals surface area contributed by atoms with Gasteiger partial charge in [-0.2, -0.15) is 0 Å². The third kappa shape index (κ3) is 3.99. The number of nitrogens with zero attached hydrogens (tertiary/aromatic N) is 5. The Morgan fingerprint density at radius 3 is 2.53 bits per heavy atom. The first-order chi connectivity index (χ1) is 14.6. The third-order valence-electron chi connectivity index (χ3n) is 6.10. The molecule has 0 bridgehead atoms. The molecule has 3 aromatic rings. The minimum Gasteiger partial charge on any atom is -0.342 e. The molecule has 2 aromatic heterocycles. The fourth-order valence-corrected chi connectivity index (χ4v) is 4.21. The number of piperidine rings is 1. The summed E-state index contributed by atoms with van der Waals surface area (Å²) < 4.78 is 1.68. The van der Waals surface area contributed by atoms with Crippen LogP contribution in [0.1, 0.15) is 56.8 Å². The molecule has 1 N–H and O–H groups in total. The molecular weight excluding hydrogens is 380 g/mol. The van der Waals surface area contributed by atoms with E-state index in [0.29, 0.717) is 31.1 Å². The Kier molecular flexibility index (Phi) is 5.92. The Bertz CT molecular complexity index is 1060. The van der Waals surface area contributed by atoms with Crippen LogP contribution in [0.4, 0.5) is 0 Å². The van der Waals surface area contributed by atoms with Crippen molar-refractivity contribution in [3.63, 3.8) is 0 Å². The summed E-state index contributed by atoms with van der Waals surface area (Å²) in [5.74, 6) is 1.14. The summed E-state index contributed by atoms with van der Waals surface area (Å²) in [5.41, 5.74) is 1.58. The predicted molar refractivity (Wildman–Crippen MR) is 114 cm³/mol. The van der Waals surface area contributed by atoms with Crippen molar-refractivity contribution in [1.82, 2.24) is 29.9 Å². The first kappa shape index (κ1) is 20.3. The van der Waals surface area contributed by atoms with Gasteiger partial charge in [0, 0.05) is 24.9 Å². The number of H-pyrrole nitrogens is 1. The molecule has 0 aliphatic carbocycles. The van der Waals surface area contributed by atoms with E-state index in [1.165, 1.54) is 0 Å². The highest BCUT2D eigenvalue weighted by Crippen LogP contribution is 2.27. The van der Waals surface area contributed by atoms with Crippen LogP contribution in [-0.4, -0.2) is 48.9 Å². The topological polar surface area (TPSA) is 96.8 Å². The van der Waals surface area contributed by atoms with Crippen LogP contribution in [-0.2, 0) is 11.3 Å². The van der Waals surface area contributed by atoms with Gasteiger partial charge in [0.05, 0.1) is 6.54 Å². The molecule has 30 heavy (non-hydrogen) atoms. The normalized spacial score (nSPS) is 15.2. The quantitative estimate of drug-likeness (QED) is 0.676. The zero-order chi connectivity index (χ0) is 21.1. The number of aromatic nitrogens is 5. The van der Waals surface area contributed by atoms with Gasteiger partial charge in [-0.05, 0) is 31.2 Å². The van der Waals surface area contributed by atoms with Crippen LogP contribution < -0.4 is 5.56 Å². The van der Waals surface area contributed by atoms with E-state index < -0.39 is 0 Å². The van der Waals surface area contributed by atoms with E-state index in [4.69, 9.17) is 4.98 Å². The number of nitrogens with one attached hydrogen (secondary N) is 1. The van der Waals surface area contributed by atoms with Gasteiger partial charge in [0.2, 0.25) is 5.91 Å². The maximum Gasteiger partial charge on any atom is 0.281 e. The zero-order valence-corrected chi connectivity index (χ0v) is 17.5. The Morgan fingerprint density at radius 1 is 1.17 bits per heavy atom. The van der Waals surface area contributed by atoms with Gasteiger partial charge >= 0.3 is 0 Å². The third-order valence-corrected chi connectivity index (χ3v) is 6.10. The van der Waals surface area contributed by atoms with Crippen LogP contribution >= 0.6 is 0 Å². The number of fused-ring (bicyclic) bond motifs is 1. The number of carbonyl (C=O) groups is 1. The number of rotatable bonds is 6. The van der Waals surface area contributed by atoms with E-state index in [1.54, 1.807) is 4.68 Å². The van der Waals surface area contributed by atoms with Crippen molar-refractivity contribution in [2.24, 2.45) is 5.92 Å². The Morgan fingerprint density at radius 2 is 1.87 bits per heavy atom. The second-order valence-electron chi connectivity index (χ2n) is 7.97. The number of aromatic amines is 1.